The average molecular weight is 1040 g/mol. The van der Waals surface area contributed by atoms with E-state index in [-0.39, 0.29) is 0 Å². The number of hydrogen-bond acceptors (Lipinski definition) is 7. The van der Waals surface area contributed by atoms with Crippen LogP contribution >= 0.6 is 34.0 Å². The van der Waals surface area contributed by atoms with Crippen molar-refractivity contribution in [2.45, 2.75) is 0 Å². The molecule has 358 valence electrons. The zero-order chi connectivity index (χ0) is 50.3. The Bertz CT molecular complexity index is 5180. The molecule has 0 saturated heterocycles. The first-order valence-electron chi connectivity index (χ1n) is 25.7. The number of aromatic nitrogens is 4. The van der Waals surface area contributed by atoms with E-state index in [0.29, 0.717) is 17.5 Å². The topological polar surface area (TPSA) is 56.7 Å². The molecule has 0 aliphatic heterocycles. The van der Waals surface area contributed by atoms with Crippen LogP contribution in [0, 0.1) is 0 Å². The highest BCUT2D eigenvalue weighted by Gasteiger charge is 2.22. The molecule has 0 unspecified atom stereocenters. The minimum Gasteiger partial charge on any atom is -0.455 e. The van der Waals surface area contributed by atoms with Crippen molar-refractivity contribution in [2.24, 2.45) is 0 Å². The van der Waals surface area contributed by atoms with Crippen molar-refractivity contribution in [1.82, 2.24) is 19.5 Å². The van der Waals surface area contributed by atoms with Crippen molar-refractivity contribution in [2.75, 3.05) is 0 Å². The Kier molecular flexibility index (Phi) is 9.26. The van der Waals surface area contributed by atoms with E-state index < -0.39 is 0 Å². The van der Waals surface area contributed by atoms with Gasteiger partial charge in [0.2, 0.25) is 0 Å². The maximum Gasteiger partial charge on any atom is 0.164 e. The van der Waals surface area contributed by atoms with E-state index in [0.717, 1.165) is 76.5 Å². The van der Waals surface area contributed by atoms with Gasteiger partial charge in [0.1, 0.15) is 11.2 Å². The van der Waals surface area contributed by atoms with Crippen molar-refractivity contribution in [3.8, 4) is 62.1 Å². The summed E-state index contributed by atoms with van der Waals surface area (Å²) in [6.45, 7) is 0. The maximum absolute atomic E-state index is 6.90. The first-order chi connectivity index (χ1) is 38.1. The van der Waals surface area contributed by atoms with Crippen molar-refractivity contribution >= 4 is 138 Å². The number of benzene rings is 11. The molecule has 0 bridgehead atoms. The molecule has 0 amide bonds. The Balaban J connectivity index is 0.804. The second-order valence-electron chi connectivity index (χ2n) is 19.8. The summed E-state index contributed by atoms with van der Waals surface area (Å²) in [4.78, 5) is 16.1. The minimum absolute atomic E-state index is 0.643. The van der Waals surface area contributed by atoms with Crippen LogP contribution in [0.15, 0.2) is 235 Å². The smallest absolute Gasteiger partial charge is 0.164 e. The molecule has 17 rings (SSSR count). The maximum atomic E-state index is 6.90. The van der Waals surface area contributed by atoms with Gasteiger partial charge in [0.25, 0.3) is 0 Å². The number of thiophene rings is 3. The van der Waals surface area contributed by atoms with Crippen molar-refractivity contribution < 1.29 is 4.42 Å². The quantitative estimate of drug-likeness (QED) is 0.167. The molecule has 17 aromatic rings. The molecule has 0 atom stereocenters. The fourth-order valence-corrected chi connectivity index (χ4v) is 15.5. The number of furan rings is 1. The standard InChI is InChI=1S/C69H38N4OS3/c1-2-13-43(14-3-1)73-56-23-7-4-15-44(56)54-35-39(29-33-57(54)73)40-30-34-58-55(36-40)50-19-10-18-49(65(50)74-58)51-20-11-21-52-64-53(22-12-26-61(64)77-66(51)52)69-71-67(41-27-31-47-45-16-5-8-24-59(45)75-62(47)37-41)70-68(72-69)42-28-32-48-46-17-6-9-25-60(46)76-63(48)38-42/h1-38H. The molecule has 0 aliphatic carbocycles. The second-order valence-corrected chi connectivity index (χ2v) is 23.0. The molecule has 0 saturated carbocycles. The zero-order valence-electron chi connectivity index (χ0n) is 40.9. The summed E-state index contributed by atoms with van der Waals surface area (Å²) in [6.07, 6.45) is 0. The SMILES string of the molecule is c1ccc(-n2c3ccccc3c3cc(-c4ccc5oc6c(-c7cccc8c7sc7cccc(-c9nc(-c%10ccc%11c(c%10)sc%10ccccc%10%11)nc(-c%10ccc%11c(c%10)sc%10ccccc%10%11)n9)c78)cccc6c5c4)ccc32)cc1. The zero-order valence-corrected chi connectivity index (χ0v) is 43.3. The molecule has 11 aromatic carbocycles. The van der Waals surface area contributed by atoms with Gasteiger partial charge in [-0.25, -0.2) is 15.0 Å². The van der Waals surface area contributed by atoms with E-state index in [9.17, 15) is 0 Å². The van der Waals surface area contributed by atoms with Crippen LogP contribution in [0.25, 0.3) is 166 Å². The summed E-state index contributed by atoms with van der Waals surface area (Å²) < 4.78 is 16.6. The molecule has 6 heterocycles. The summed E-state index contributed by atoms with van der Waals surface area (Å²) in [7, 11) is 0. The molecule has 0 radical (unpaired) electrons. The predicted octanol–water partition coefficient (Wildman–Crippen LogP) is 20.3. The predicted molar refractivity (Wildman–Crippen MR) is 327 cm³/mol. The van der Waals surface area contributed by atoms with Crippen LogP contribution in [-0.4, -0.2) is 19.5 Å². The largest absolute Gasteiger partial charge is 0.455 e. The normalized spacial score (nSPS) is 12.2. The molecule has 77 heavy (non-hydrogen) atoms. The van der Waals surface area contributed by atoms with Gasteiger partial charge in [0, 0.05) is 116 Å². The Morgan fingerprint density at radius 3 is 1.58 bits per heavy atom. The lowest BCUT2D eigenvalue weighted by molar-refractivity contribution is 0.670. The fraction of sp³-hybridized carbons (Fsp3) is 0. The highest BCUT2D eigenvalue weighted by molar-refractivity contribution is 7.27. The van der Waals surface area contributed by atoms with E-state index in [1.165, 1.54) is 72.4 Å². The molecule has 0 aliphatic rings. The summed E-state index contributed by atoms with van der Waals surface area (Å²) >= 11 is 5.41. The number of hydrogen-bond donors (Lipinski definition) is 0. The molecule has 0 spiro atoms. The average Bonchev–Trinajstić information content (AvgIpc) is 4.40. The molecule has 0 fully saturated rings. The first kappa shape index (κ1) is 43.0. The van der Waals surface area contributed by atoms with E-state index in [1.54, 1.807) is 34.0 Å². The summed E-state index contributed by atoms with van der Waals surface area (Å²) in [6, 6.07) is 83.1. The molecule has 6 aromatic heterocycles. The number of fused-ring (bicyclic) bond motifs is 15. The van der Waals surface area contributed by atoms with Crippen molar-refractivity contribution in [3.05, 3.63) is 231 Å². The number of para-hydroxylation sites is 3. The van der Waals surface area contributed by atoms with Gasteiger partial charge in [0.05, 0.1) is 11.0 Å². The fourth-order valence-electron chi connectivity index (χ4n) is 11.9. The first-order valence-corrected chi connectivity index (χ1v) is 28.2. The van der Waals surface area contributed by atoms with Crippen LogP contribution in [0.4, 0.5) is 0 Å². The molecule has 8 heteroatoms. The van der Waals surface area contributed by atoms with Gasteiger partial charge in [-0.15, -0.1) is 34.0 Å². The number of rotatable bonds is 6. The Morgan fingerprint density at radius 1 is 0.312 bits per heavy atom. The van der Waals surface area contributed by atoms with Gasteiger partial charge < -0.3 is 8.98 Å². The highest BCUT2D eigenvalue weighted by atomic mass is 32.1. The molecule has 5 nitrogen and oxygen atoms in total. The Labute approximate surface area is 451 Å². The third-order valence-corrected chi connectivity index (χ3v) is 19.0. The lowest BCUT2D eigenvalue weighted by Crippen LogP contribution is -2.00. The second kappa shape index (κ2) is 16.6. The van der Waals surface area contributed by atoms with Gasteiger partial charge in [0.15, 0.2) is 17.5 Å². The lowest BCUT2D eigenvalue weighted by Gasteiger charge is -2.10. The molecule has 0 N–H and O–H groups in total. The third-order valence-electron chi connectivity index (χ3n) is 15.5. The summed E-state index contributed by atoms with van der Waals surface area (Å²) in [5.74, 6) is 1.94. The molecular formula is C69H38N4OS3. The Hall–Kier alpha value is -9.31. The van der Waals surface area contributed by atoms with Gasteiger partial charge >= 0.3 is 0 Å². The van der Waals surface area contributed by atoms with E-state index in [1.807, 2.05) is 0 Å². The van der Waals surface area contributed by atoms with Gasteiger partial charge in [-0.3, -0.25) is 0 Å². The van der Waals surface area contributed by atoms with Crippen LogP contribution in [0.2, 0.25) is 0 Å². The summed E-state index contributed by atoms with van der Waals surface area (Å²) in [5, 5.41) is 11.9. The van der Waals surface area contributed by atoms with Gasteiger partial charge in [-0.1, -0.05) is 158 Å². The van der Waals surface area contributed by atoms with E-state index in [2.05, 4.69) is 235 Å². The van der Waals surface area contributed by atoms with Crippen LogP contribution < -0.4 is 0 Å². The van der Waals surface area contributed by atoms with Crippen molar-refractivity contribution in [1.29, 1.82) is 0 Å². The van der Waals surface area contributed by atoms with Crippen LogP contribution in [0.1, 0.15) is 0 Å². The summed E-state index contributed by atoms with van der Waals surface area (Å²) in [5.41, 5.74) is 12.7. The molecular weight excluding hydrogens is 997 g/mol. The van der Waals surface area contributed by atoms with Gasteiger partial charge in [-0.2, -0.15) is 0 Å². The van der Waals surface area contributed by atoms with E-state index >= 15 is 0 Å². The minimum atomic E-state index is 0.643. The van der Waals surface area contributed by atoms with Crippen LogP contribution in [0.3, 0.4) is 0 Å². The van der Waals surface area contributed by atoms with E-state index in [4.69, 9.17) is 19.4 Å². The Morgan fingerprint density at radius 2 is 0.844 bits per heavy atom. The number of nitrogens with zero attached hydrogens (tertiary/aromatic N) is 4. The van der Waals surface area contributed by atoms with Crippen molar-refractivity contribution in [3.63, 3.8) is 0 Å². The van der Waals surface area contributed by atoms with Crippen LogP contribution in [-0.2, 0) is 0 Å². The highest BCUT2D eigenvalue weighted by Crippen LogP contribution is 2.47. The monoisotopic (exact) mass is 1030 g/mol. The van der Waals surface area contributed by atoms with Crippen LogP contribution in [0.5, 0.6) is 0 Å². The third kappa shape index (κ3) is 6.60. The van der Waals surface area contributed by atoms with Gasteiger partial charge in [-0.05, 0) is 83.9 Å². The lowest BCUT2D eigenvalue weighted by atomic mass is 9.98.